The highest BCUT2D eigenvalue weighted by Gasteiger charge is 2.39. The number of nitrogens with one attached hydrogen (secondary N) is 2. The third-order valence-corrected chi connectivity index (χ3v) is 3.57. The van der Waals surface area contributed by atoms with Crippen LogP contribution in [0.5, 0.6) is 5.75 Å². The Morgan fingerprint density at radius 3 is 2.20 bits per heavy atom. The van der Waals surface area contributed by atoms with Crippen LogP contribution in [-0.4, -0.2) is 16.9 Å². The van der Waals surface area contributed by atoms with Gasteiger partial charge in [0.2, 0.25) is 0 Å². The van der Waals surface area contributed by atoms with Crippen LogP contribution in [0, 0.1) is 0 Å². The molecule has 0 fully saturated rings. The summed E-state index contributed by atoms with van der Waals surface area (Å²) in [5.41, 5.74) is -1.74. The van der Waals surface area contributed by atoms with Gasteiger partial charge in [0.05, 0.1) is 11.1 Å². The van der Waals surface area contributed by atoms with E-state index in [1.54, 1.807) is 0 Å². The van der Waals surface area contributed by atoms with Crippen LogP contribution in [0.15, 0.2) is 54.2 Å². The van der Waals surface area contributed by atoms with E-state index in [0.29, 0.717) is 5.69 Å². The van der Waals surface area contributed by atoms with Gasteiger partial charge in [0.25, 0.3) is 11.8 Å². The van der Waals surface area contributed by atoms with Gasteiger partial charge in [0.1, 0.15) is 11.4 Å². The molecule has 0 aromatic heterocycles. The monoisotopic (exact) mass is 348 g/mol. The number of anilines is 1. The van der Waals surface area contributed by atoms with E-state index in [1.807, 2.05) is 5.32 Å². The molecule has 1 aliphatic heterocycles. The summed E-state index contributed by atoms with van der Waals surface area (Å²) in [5.74, 6) is -1.76. The Hall–Kier alpha value is -3.29. The van der Waals surface area contributed by atoms with Crippen molar-refractivity contribution in [1.82, 2.24) is 5.32 Å². The van der Waals surface area contributed by atoms with Gasteiger partial charge >= 0.3 is 6.18 Å². The molecule has 0 saturated heterocycles. The van der Waals surface area contributed by atoms with E-state index in [4.69, 9.17) is 0 Å². The second-order valence-electron chi connectivity index (χ2n) is 5.25. The molecule has 2 aromatic carbocycles. The van der Waals surface area contributed by atoms with Crippen molar-refractivity contribution >= 4 is 23.1 Å². The van der Waals surface area contributed by atoms with E-state index in [1.165, 1.54) is 36.4 Å². The first-order valence-electron chi connectivity index (χ1n) is 7.10. The third-order valence-electron chi connectivity index (χ3n) is 3.57. The van der Waals surface area contributed by atoms with E-state index in [-0.39, 0.29) is 22.6 Å². The minimum Gasteiger partial charge on any atom is -0.508 e. The van der Waals surface area contributed by atoms with Crippen molar-refractivity contribution in [1.29, 1.82) is 0 Å². The van der Waals surface area contributed by atoms with Crippen LogP contribution in [0.2, 0.25) is 0 Å². The number of hydrogen-bond acceptors (Lipinski definition) is 4. The van der Waals surface area contributed by atoms with Crippen LogP contribution in [0.3, 0.4) is 0 Å². The zero-order chi connectivity index (χ0) is 18.2. The molecular weight excluding hydrogens is 337 g/mol. The highest BCUT2D eigenvalue weighted by atomic mass is 19.4. The molecule has 0 spiro atoms. The first-order valence-corrected chi connectivity index (χ1v) is 7.10. The van der Waals surface area contributed by atoms with E-state index >= 15 is 0 Å². The Kier molecular flexibility index (Phi) is 3.96. The van der Waals surface area contributed by atoms with Crippen molar-refractivity contribution in [3.05, 3.63) is 65.4 Å². The highest BCUT2D eigenvalue weighted by molar-refractivity contribution is 6.37. The number of halogens is 3. The van der Waals surface area contributed by atoms with Crippen molar-refractivity contribution < 1.29 is 27.9 Å². The highest BCUT2D eigenvalue weighted by Crippen LogP contribution is 2.37. The maximum Gasteiger partial charge on any atom is 0.417 e. The minimum atomic E-state index is -4.68. The number of aromatic hydroxyl groups is 1. The number of rotatable bonds is 3. The normalized spacial score (nSPS) is 14.7. The standard InChI is InChI=1S/C17H11F3N2O3/c18-17(19,20)12-4-2-1-3-11(12)13-14(16(25)22-15(13)24)21-9-5-7-10(23)8-6-9/h1-8,23H,(H2,21,22,24,25). The first-order chi connectivity index (χ1) is 11.8. The predicted molar refractivity (Wildman–Crippen MR) is 83.2 cm³/mol. The topological polar surface area (TPSA) is 78.4 Å². The SMILES string of the molecule is O=C1NC(=O)C(c2ccccc2C(F)(F)F)=C1Nc1ccc(O)cc1. The summed E-state index contributed by atoms with van der Waals surface area (Å²) < 4.78 is 39.7. The molecule has 3 rings (SSSR count). The van der Waals surface area contributed by atoms with Crippen molar-refractivity contribution in [3.63, 3.8) is 0 Å². The fourth-order valence-electron chi connectivity index (χ4n) is 2.47. The van der Waals surface area contributed by atoms with Gasteiger partial charge in [-0.3, -0.25) is 14.9 Å². The fourth-order valence-corrected chi connectivity index (χ4v) is 2.47. The average molecular weight is 348 g/mol. The van der Waals surface area contributed by atoms with Crippen LogP contribution in [0.25, 0.3) is 5.57 Å². The van der Waals surface area contributed by atoms with Gasteiger partial charge < -0.3 is 10.4 Å². The molecule has 1 aliphatic rings. The molecule has 0 atom stereocenters. The molecule has 0 radical (unpaired) electrons. The van der Waals surface area contributed by atoms with Crippen LogP contribution in [0.4, 0.5) is 18.9 Å². The molecule has 128 valence electrons. The molecule has 2 aromatic rings. The molecule has 0 saturated carbocycles. The molecule has 0 unspecified atom stereocenters. The minimum absolute atomic E-state index is 0.0193. The van der Waals surface area contributed by atoms with E-state index in [0.717, 1.165) is 12.1 Å². The number of carbonyl (C=O) groups is 2. The summed E-state index contributed by atoms with van der Waals surface area (Å²) in [6.07, 6.45) is -4.68. The maximum absolute atomic E-state index is 13.2. The number of imide groups is 1. The second-order valence-corrected chi connectivity index (χ2v) is 5.25. The average Bonchev–Trinajstić information content (AvgIpc) is 2.82. The van der Waals surface area contributed by atoms with Crippen molar-refractivity contribution in [2.24, 2.45) is 0 Å². The fraction of sp³-hybridized carbons (Fsp3) is 0.0588. The predicted octanol–water partition coefficient (Wildman–Crippen LogP) is 2.89. The number of phenols is 1. The Bertz CT molecular complexity index is 887. The van der Waals surface area contributed by atoms with Crippen LogP contribution in [0.1, 0.15) is 11.1 Å². The van der Waals surface area contributed by atoms with Gasteiger partial charge in [-0.2, -0.15) is 13.2 Å². The Balaban J connectivity index is 2.13. The molecule has 1 heterocycles. The lowest BCUT2D eigenvalue weighted by Gasteiger charge is -2.14. The lowest BCUT2D eigenvalue weighted by molar-refractivity contribution is -0.137. The summed E-state index contributed by atoms with van der Waals surface area (Å²) in [6.45, 7) is 0. The number of amides is 2. The smallest absolute Gasteiger partial charge is 0.417 e. The molecule has 0 aliphatic carbocycles. The van der Waals surface area contributed by atoms with Gasteiger partial charge in [0.15, 0.2) is 0 Å². The van der Waals surface area contributed by atoms with Gasteiger partial charge in [-0.15, -0.1) is 0 Å². The molecule has 5 nitrogen and oxygen atoms in total. The molecule has 2 amide bonds. The Morgan fingerprint density at radius 1 is 0.920 bits per heavy atom. The largest absolute Gasteiger partial charge is 0.508 e. The Labute approximate surface area is 139 Å². The van der Waals surface area contributed by atoms with Crippen molar-refractivity contribution in [2.75, 3.05) is 5.32 Å². The summed E-state index contributed by atoms with van der Waals surface area (Å²) in [4.78, 5) is 24.1. The van der Waals surface area contributed by atoms with Crippen LogP contribution < -0.4 is 10.6 Å². The van der Waals surface area contributed by atoms with Crippen molar-refractivity contribution in [2.45, 2.75) is 6.18 Å². The zero-order valence-corrected chi connectivity index (χ0v) is 12.5. The van der Waals surface area contributed by atoms with Gasteiger partial charge in [-0.25, -0.2) is 0 Å². The van der Waals surface area contributed by atoms with Crippen LogP contribution in [-0.2, 0) is 15.8 Å². The molecule has 8 heteroatoms. The molecule has 3 N–H and O–H groups in total. The van der Waals surface area contributed by atoms with Gasteiger partial charge in [-0.1, -0.05) is 18.2 Å². The number of alkyl halides is 3. The lowest BCUT2D eigenvalue weighted by Crippen LogP contribution is -2.24. The van der Waals surface area contributed by atoms with Crippen molar-refractivity contribution in [3.8, 4) is 5.75 Å². The number of carbonyl (C=O) groups excluding carboxylic acids is 2. The molecular formula is C17H11F3N2O3. The first kappa shape index (κ1) is 16.6. The summed E-state index contributed by atoms with van der Waals surface area (Å²) >= 11 is 0. The summed E-state index contributed by atoms with van der Waals surface area (Å²) in [6, 6.07) is 10.0. The van der Waals surface area contributed by atoms with E-state index in [9.17, 15) is 27.9 Å². The zero-order valence-electron chi connectivity index (χ0n) is 12.5. The number of benzene rings is 2. The quantitative estimate of drug-likeness (QED) is 0.589. The number of phenolic OH excluding ortho intramolecular Hbond substituents is 1. The molecule has 25 heavy (non-hydrogen) atoms. The van der Waals surface area contributed by atoms with E-state index < -0.39 is 23.6 Å². The Morgan fingerprint density at radius 2 is 1.56 bits per heavy atom. The summed E-state index contributed by atoms with van der Waals surface area (Å²) in [5, 5.41) is 13.9. The lowest BCUT2D eigenvalue weighted by atomic mass is 9.98. The second kappa shape index (κ2) is 5.97. The summed E-state index contributed by atoms with van der Waals surface area (Å²) in [7, 11) is 0. The molecule has 0 bridgehead atoms. The van der Waals surface area contributed by atoms with Gasteiger partial charge in [0, 0.05) is 11.3 Å². The van der Waals surface area contributed by atoms with Gasteiger partial charge in [-0.05, 0) is 30.3 Å². The van der Waals surface area contributed by atoms with Crippen LogP contribution >= 0.6 is 0 Å². The van der Waals surface area contributed by atoms with E-state index in [2.05, 4.69) is 5.32 Å². The maximum atomic E-state index is 13.2. The number of hydrogen-bond donors (Lipinski definition) is 3. The third kappa shape index (κ3) is 3.18.